The summed E-state index contributed by atoms with van der Waals surface area (Å²) in [5.74, 6) is -0.268. The highest BCUT2D eigenvalue weighted by atomic mass is 19.1. The number of likely N-dealkylation sites (N-methyl/N-ethyl adjacent to an activating group) is 1. The number of aryl methyl sites for hydroxylation is 1. The van der Waals surface area contributed by atoms with Crippen molar-refractivity contribution in [2.45, 2.75) is 19.4 Å². The first kappa shape index (κ1) is 15.1. The largest absolute Gasteiger partial charge is 0.313 e. The van der Waals surface area contributed by atoms with Crippen LogP contribution in [0.5, 0.6) is 0 Å². The molecule has 2 aromatic carbocycles. The van der Waals surface area contributed by atoms with Crippen LogP contribution in [0.15, 0.2) is 42.5 Å². The molecule has 0 spiro atoms. The number of nitrogens with one attached hydrogen (secondary N) is 1. The third-order valence-electron chi connectivity index (χ3n) is 3.56. The first-order valence-corrected chi connectivity index (χ1v) is 6.68. The lowest BCUT2D eigenvalue weighted by Gasteiger charge is -2.17. The molecule has 0 radical (unpaired) electrons. The molecule has 4 nitrogen and oxygen atoms in total. The number of benzene rings is 2. The van der Waals surface area contributed by atoms with E-state index in [4.69, 9.17) is 0 Å². The summed E-state index contributed by atoms with van der Waals surface area (Å²) in [6, 6.07) is 11.5. The Balaban J connectivity index is 2.31. The second-order valence-electron chi connectivity index (χ2n) is 4.94. The van der Waals surface area contributed by atoms with Crippen LogP contribution in [0.1, 0.15) is 22.7 Å². The molecule has 0 aromatic heterocycles. The van der Waals surface area contributed by atoms with Crippen molar-refractivity contribution in [2.24, 2.45) is 0 Å². The minimum Gasteiger partial charge on any atom is -0.313 e. The Morgan fingerprint density at radius 1 is 1.29 bits per heavy atom. The molecule has 0 saturated carbocycles. The summed E-state index contributed by atoms with van der Waals surface area (Å²) in [6.07, 6.45) is 0.427. The Bertz CT molecular complexity index is 658. The SMILES string of the molecule is CNC(Cc1ccccc1[N+](=O)[O-])c1ccc(C)c(F)c1. The summed E-state index contributed by atoms with van der Waals surface area (Å²) in [7, 11) is 1.76. The zero-order valence-electron chi connectivity index (χ0n) is 12.0. The number of nitrogens with zero attached hydrogens (tertiary/aromatic N) is 1. The van der Waals surface area contributed by atoms with Crippen molar-refractivity contribution in [2.75, 3.05) is 7.05 Å². The molecule has 21 heavy (non-hydrogen) atoms. The van der Waals surface area contributed by atoms with Crippen molar-refractivity contribution >= 4 is 5.69 Å². The van der Waals surface area contributed by atoms with Crippen molar-refractivity contribution in [1.82, 2.24) is 5.32 Å². The van der Waals surface area contributed by atoms with Crippen molar-refractivity contribution < 1.29 is 9.31 Å². The molecule has 0 amide bonds. The van der Waals surface area contributed by atoms with Gasteiger partial charge in [0.25, 0.3) is 5.69 Å². The lowest BCUT2D eigenvalue weighted by Crippen LogP contribution is -2.19. The standard InChI is InChI=1S/C16H17FN2O2/c1-11-7-8-12(9-14(11)17)15(18-2)10-13-5-3-4-6-16(13)19(20)21/h3-9,15,18H,10H2,1-2H3. The normalized spacial score (nSPS) is 12.1. The molecule has 0 fully saturated rings. The van der Waals surface area contributed by atoms with Gasteiger partial charge in [0, 0.05) is 17.7 Å². The fraction of sp³-hybridized carbons (Fsp3) is 0.250. The van der Waals surface area contributed by atoms with Gasteiger partial charge in [-0.15, -0.1) is 0 Å². The smallest absolute Gasteiger partial charge is 0.272 e. The van der Waals surface area contributed by atoms with Crippen LogP contribution in [0.3, 0.4) is 0 Å². The Labute approximate surface area is 122 Å². The van der Waals surface area contributed by atoms with E-state index in [0.29, 0.717) is 17.5 Å². The van der Waals surface area contributed by atoms with Gasteiger partial charge in [-0.25, -0.2) is 4.39 Å². The van der Waals surface area contributed by atoms with Crippen molar-refractivity contribution in [3.8, 4) is 0 Å². The molecule has 2 aromatic rings. The van der Waals surface area contributed by atoms with Gasteiger partial charge in [0.1, 0.15) is 5.82 Å². The van der Waals surface area contributed by atoms with Crippen LogP contribution in [0.2, 0.25) is 0 Å². The zero-order chi connectivity index (χ0) is 15.4. The van der Waals surface area contributed by atoms with E-state index in [1.165, 1.54) is 12.1 Å². The summed E-state index contributed by atoms with van der Waals surface area (Å²) in [5, 5.41) is 14.1. The van der Waals surface area contributed by atoms with Crippen LogP contribution in [0, 0.1) is 22.9 Å². The number of nitro groups is 1. The average Bonchev–Trinajstić information content (AvgIpc) is 2.48. The molecule has 5 heteroatoms. The van der Waals surface area contributed by atoms with E-state index in [-0.39, 0.29) is 17.5 Å². The number of para-hydroxylation sites is 1. The molecule has 110 valence electrons. The summed E-state index contributed by atoms with van der Waals surface area (Å²) >= 11 is 0. The molecule has 0 heterocycles. The van der Waals surface area contributed by atoms with E-state index in [9.17, 15) is 14.5 Å². The number of hydrogen-bond donors (Lipinski definition) is 1. The monoisotopic (exact) mass is 288 g/mol. The molecule has 1 atom stereocenters. The van der Waals surface area contributed by atoms with Crippen molar-refractivity contribution in [3.05, 3.63) is 75.1 Å². The van der Waals surface area contributed by atoms with E-state index in [1.54, 1.807) is 38.2 Å². The highest BCUT2D eigenvalue weighted by molar-refractivity contribution is 5.41. The maximum absolute atomic E-state index is 13.7. The van der Waals surface area contributed by atoms with Gasteiger partial charge in [0.05, 0.1) is 4.92 Å². The molecule has 1 unspecified atom stereocenters. The molecule has 0 bridgehead atoms. The van der Waals surface area contributed by atoms with Crippen molar-refractivity contribution in [1.29, 1.82) is 0 Å². The highest BCUT2D eigenvalue weighted by Gasteiger charge is 2.18. The fourth-order valence-corrected chi connectivity index (χ4v) is 2.29. The number of rotatable bonds is 5. The van der Waals surface area contributed by atoms with Gasteiger partial charge in [-0.3, -0.25) is 10.1 Å². The molecule has 1 N–H and O–H groups in total. The minimum atomic E-state index is -0.391. The van der Waals surface area contributed by atoms with Crippen LogP contribution in [-0.4, -0.2) is 12.0 Å². The third kappa shape index (κ3) is 3.44. The second kappa shape index (κ2) is 6.45. The molecule has 0 aliphatic rings. The number of hydrogen-bond acceptors (Lipinski definition) is 3. The van der Waals surface area contributed by atoms with Gasteiger partial charge in [0.2, 0.25) is 0 Å². The van der Waals surface area contributed by atoms with Crippen LogP contribution in [0.4, 0.5) is 10.1 Å². The Hall–Kier alpha value is -2.27. The summed E-state index contributed by atoms with van der Waals surface area (Å²) in [4.78, 5) is 10.7. The molecule has 0 aliphatic carbocycles. The van der Waals surface area contributed by atoms with Crippen LogP contribution < -0.4 is 5.32 Å². The van der Waals surface area contributed by atoms with E-state index < -0.39 is 4.92 Å². The quantitative estimate of drug-likeness (QED) is 0.676. The fourth-order valence-electron chi connectivity index (χ4n) is 2.29. The summed E-state index contributed by atoms with van der Waals surface area (Å²) < 4.78 is 13.7. The third-order valence-corrected chi connectivity index (χ3v) is 3.56. The predicted molar refractivity (Wildman–Crippen MR) is 79.7 cm³/mol. The van der Waals surface area contributed by atoms with Crippen LogP contribution in [-0.2, 0) is 6.42 Å². The van der Waals surface area contributed by atoms with Crippen LogP contribution >= 0.6 is 0 Å². The lowest BCUT2D eigenvalue weighted by molar-refractivity contribution is -0.385. The first-order chi connectivity index (χ1) is 10.0. The summed E-state index contributed by atoms with van der Waals surface area (Å²) in [5.41, 5.74) is 2.08. The van der Waals surface area contributed by atoms with E-state index in [0.717, 1.165) is 5.56 Å². The lowest BCUT2D eigenvalue weighted by atomic mass is 9.97. The maximum Gasteiger partial charge on any atom is 0.272 e. The Morgan fingerprint density at radius 2 is 2.00 bits per heavy atom. The van der Waals surface area contributed by atoms with Gasteiger partial charge in [-0.2, -0.15) is 0 Å². The second-order valence-corrected chi connectivity index (χ2v) is 4.94. The Morgan fingerprint density at radius 3 is 2.62 bits per heavy atom. The Kier molecular flexibility index (Phi) is 4.65. The summed E-state index contributed by atoms with van der Waals surface area (Å²) in [6.45, 7) is 1.70. The van der Waals surface area contributed by atoms with Crippen LogP contribution in [0.25, 0.3) is 0 Å². The van der Waals surface area contributed by atoms with Gasteiger partial charge in [0.15, 0.2) is 0 Å². The first-order valence-electron chi connectivity index (χ1n) is 6.68. The predicted octanol–water partition coefficient (Wildman–Crippen LogP) is 3.55. The topological polar surface area (TPSA) is 55.2 Å². The number of halogens is 1. The maximum atomic E-state index is 13.7. The number of nitro benzene ring substituents is 1. The van der Waals surface area contributed by atoms with Gasteiger partial charge in [-0.05, 0) is 37.6 Å². The molecule has 0 aliphatic heterocycles. The average molecular weight is 288 g/mol. The highest BCUT2D eigenvalue weighted by Crippen LogP contribution is 2.25. The van der Waals surface area contributed by atoms with E-state index >= 15 is 0 Å². The van der Waals surface area contributed by atoms with Gasteiger partial charge >= 0.3 is 0 Å². The minimum absolute atomic E-state index is 0.0883. The molecular weight excluding hydrogens is 271 g/mol. The molecule has 2 rings (SSSR count). The zero-order valence-corrected chi connectivity index (χ0v) is 12.0. The van der Waals surface area contributed by atoms with Gasteiger partial charge in [-0.1, -0.05) is 30.3 Å². The van der Waals surface area contributed by atoms with Gasteiger partial charge < -0.3 is 5.32 Å². The van der Waals surface area contributed by atoms with E-state index in [2.05, 4.69) is 5.32 Å². The molecule has 0 saturated heterocycles. The van der Waals surface area contributed by atoms with E-state index in [1.807, 2.05) is 6.07 Å². The van der Waals surface area contributed by atoms with Crippen molar-refractivity contribution in [3.63, 3.8) is 0 Å². The molecular formula is C16H17FN2O2.